The fourth-order valence-electron chi connectivity index (χ4n) is 2.19. The molecular weight excluding hydrogens is 302 g/mol. The number of carbonyl (C=O) groups excluding carboxylic acids is 1. The molecule has 7 N–H and O–H groups in total. The van der Waals surface area contributed by atoms with Crippen molar-refractivity contribution >= 4 is 11.9 Å². The molecule has 1 saturated heterocycles. The van der Waals surface area contributed by atoms with E-state index in [0.717, 1.165) is 0 Å². The summed E-state index contributed by atoms with van der Waals surface area (Å²) in [5.41, 5.74) is 0. The molecule has 0 aliphatic carbocycles. The highest BCUT2D eigenvalue weighted by Crippen LogP contribution is 2.30. The topological polar surface area (TPSA) is 177 Å². The number of hydrogen-bond donors (Lipinski definition) is 7. The van der Waals surface area contributed by atoms with Gasteiger partial charge in [0.2, 0.25) is 5.91 Å². The van der Waals surface area contributed by atoms with Crippen LogP contribution in [0.25, 0.3) is 0 Å². The molecule has 1 rings (SSSR count). The van der Waals surface area contributed by atoms with Crippen molar-refractivity contribution in [1.29, 1.82) is 0 Å². The Morgan fingerprint density at radius 2 is 2.00 bits per heavy atom. The van der Waals surface area contributed by atoms with E-state index in [-0.39, 0.29) is 6.42 Å². The standard InChI is InChI=1S/C12H21NO9/c1-2-7(17)13-8-5(15)3-12(21,11(19)20)22-10(8)9(18)6(16)4-14/h5-6,8-10,14-16,18,21H,2-4H2,1H3,(H,13,17)(H,19,20)/t5-,6?,8+,9?,10+,12-/m0/s1. The van der Waals surface area contributed by atoms with E-state index < -0.39 is 61.1 Å². The number of carboxylic acids is 1. The fourth-order valence-corrected chi connectivity index (χ4v) is 2.19. The number of rotatable bonds is 6. The van der Waals surface area contributed by atoms with Crippen molar-refractivity contribution < 1.29 is 45.0 Å². The van der Waals surface area contributed by atoms with E-state index in [1.54, 1.807) is 0 Å². The van der Waals surface area contributed by atoms with Gasteiger partial charge in [-0.15, -0.1) is 0 Å². The first-order valence-electron chi connectivity index (χ1n) is 6.74. The molecule has 1 fully saturated rings. The van der Waals surface area contributed by atoms with E-state index in [1.165, 1.54) is 6.92 Å². The Morgan fingerprint density at radius 3 is 2.45 bits per heavy atom. The SMILES string of the molecule is CCC(=O)N[C@@H]1[C@@H](O)C[C@@](O)(C(=O)O)O[C@H]1C(O)C(O)CO. The molecule has 0 bridgehead atoms. The van der Waals surface area contributed by atoms with Crippen LogP contribution in [0.2, 0.25) is 0 Å². The molecule has 10 nitrogen and oxygen atoms in total. The van der Waals surface area contributed by atoms with Crippen LogP contribution in [0.3, 0.4) is 0 Å². The minimum atomic E-state index is -2.78. The predicted molar refractivity (Wildman–Crippen MR) is 69.4 cm³/mol. The molecule has 2 unspecified atom stereocenters. The van der Waals surface area contributed by atoms with Gasteiger partial charge in [0.1, 0.15) is 18.3 Å². The van der Waals surface area contributed by atoms with Gasteiger partial charge in [-0.25, -0.2) is 4.79 Å². The van der Waals surface area contributed by atoms with Gasteiger partial charge < -0.3 is 40.7 Å². The van der Waals surface area contributed by atoms with Crippen LogP contribution in [0.4, 0.5) is 0 Å². The van der Waals surface area contributed by atoms with Crippen LogP contribution in [0.15, 0.2) is 0 Å². The van der Waals surface area contributed by atoms with Crippen molar-refractivity contribution in [2.24, 2.45) is 0 Å². The Kier molecular flexibility index (Phi) is 6.23. The molecule has 6 atom stereocenters. The van der Waals surface area contributed by atoms with E-state index in [1.807, 2.05) is 0 Å². The number of nitrogens with one attached hydrogen (secondary N) is 1. The number of carbonyl (C=O) groups is 2. The van der Waals surface area contributed by atoms with Gasteiger partial charge in [-0.05, 0) is 0 Å². The second-order valence-electron chi connectivity index (χ2n) is 5.13. The maximum Gasteiger partial charge on any atom is 0.364 e. The first-order chi connectivity index (χ1) is 10.2. The van der Waals surface area contributed by atoms with E-state index in [2.05, 4.69) is 5.32 Å². The number of amides is 1. The van der Waals surface area contributed by atoms with Gasteiger partial charge in [0.25, 0.3) is 5.79 Å². The number of ether oxygens (including phenoxy) is 1. The quantitative estimate of drug-likeness (QED) is 0.261. The van der Waals surface area contributed by atoms with Crippen molar-refractivity contribution in [3.63, 3.8) is 0 Å². The molecule has 128 valence electrons. The summed E-state index contributed by atoms with van der Waals surface area (Å²) in [7, 11) is 0. The van der Waals surface area contributed by atoms with Crippen LogP contribution in [0, 0.1) is 0 Å². The number of hydrogen-bond acceptors (Lipinski definition) is 8. The average Bonchev–Trinajstić information content (AvgIpc) is 2.47. The Balaban J connectivity index is 3.07. The van der Waals surface area contributed by atoms with Crippen molar-refractivity contribution in [1.82, 2.24) is 5.32 Å². The van der Waals surface area contributed by atoms with Gasteiger partial charge in [-0.2, -0.15) is 0 Å². The zero-order valence-electron chi connectivity index (χ0n) is 11.9. The highest BCUT2D eigenvalue weighted by Gasteiger charge is 2.53. The van der Waals surface area contributed by atoms with Crippen molar-refractivity contribution in [3.05, 3.63) is 0 Å². The highest BCUT2D eigenvalue weighted by molar-refractivity contribution is 5.77. The average molecular weight is 323 g/mol. The van der Waals surface area contributed by atoms with Gasteiger partial charge in [0.15, 0.2) is 0 Å². The van der Waals surface area contributed by atoms with E-state index >= 15 is 0 Å². The maximum absolute atomic E-state index is 11.5. The van der Waals surface area contributed by atoms with Crippen LogP contribution in [-0.2, 0) is 14.3 Å². The van der Waals surface area contributed by atoms with E-state index in [4.69, 9.17) is 14.9 Å². The van der Waals surface area contributed by atoms with Crippen LogP contribution in [0.1, 0.15) is 19.8 Å². The van der Waals surface area contributed by atoms with Crippen LogP contribution in [-0.4, -0.2) is 85.4 Å². The summed E-state index contributed by atoms with van der Waals surface area (Å²) in [5.74, 6) is -5.08. The number of carboxylic acid groups (broad SMARTS) is 1. The molecular formula is C12H21NO9. The van der Waals surface area contributed by atoms with Gasteiger partial charge in [-0.1, -0.05) is 6.92 Å². The third kappa shape index (κ3) is 3.91. The van der Waals surface area contributed by atoms with Gasteiger partial charge in [0, 0.05) is 12.8 Å². The zero-order chi connectivity index (χ0) is 17.1. The second-order valence-corrected chi connectivity index (χ2v) is 5.13. The molecule has 0 spiro atoms. The third-order valence-corrected chi connectivity index (χ3v) is 3.49. The Hall–Kier alpha value is -1.30. The summed E-state index contributed by atoms with van der Waals surface area (Å²) >= 11 is 0. The van der Waals surface area contributed by atoms with Crippen molar-refractivity contribution in [2.45, 2.75) is 56.0 Å². The summed E-state index contributed by atoms with van der Waals surface area (Å²) < 4.78 is 4.91. The summed E-state index contributed by atoms with van der Waals surface area (Å²) in [5, 5.41) is 59.4. The van der Waals surface area contributed by atoms with Crippen LogP contribution in [0.5, 0.6) is 0 Å². The highest BCUT2D eigenvalue weighted by atomic mass is 16.7. The molecule has 0 aromatic heterocycles. The molecule has 1 aliphatic rings. The largest absolute Gasteiger partial charge is 0.477 e. The van der Waals surface area contributed by atoms with Gasteiger partial charge in [0.05, 0.1) is 18.8 Å². The summed E-state index contributed by atoms with van der Waals surface area (Å²) in [6.45, 7) is 0.671. The summed E-state index contributed by atoms with van der Waals surface area (Å²) in [6, 6.07) is -1.26. The fraction of sp³-hybridized carbons (Fsp3) is 0.833. The molecule has 0 saturated carbocycles. The number of aliphatic hydroxyl groups excluding tert-OH is 4. The predicted octanol–water partition coefficient (Wildman–Crippen LogP) is -3.48. The van der Waals surface area contributed by atoms with E-state index in [9.17, 15) is 30.0 Å². The number of aliphatic hydroxyl groups is 5. The molecule has 0 aromatic rings. The molecule has 0 aromatic carbocycles. The summed E-state index contributed by atoms with van der Waals surface area (Å²) in [4.78, 5) is 22.5. The summed E-state index contributed by atoms with van der Waals surface area (Å²) in [6.07, 6.45) is -7.42. The molecule has 10 heteroatoms. The van der Waals surface area contributed by atoms with Gasteiger partial charge >= 0.3 is 5.97 Å². The molecule has 0 radical (unpaired) electrons. The van der Waals surface area contributed by atoms with Crippen molar-refractivity contribution in [3.8, 4) is 0 Å². The Bertz CT molecular complexity index is 417. The first-order valence-corrected chi connectivity index (χ1v) is 6.74. The molecule has 1 amide bonds. The minimum Gasteiger partial charge on any atom is -0.477 e. The lowest BCUT2D eigenvalue weighted by Gasteiger charge is -2.44. The first kappa shape index (κ1) is 18.7. The van der Waals surface area contributed by atoms with Crippen LogP contribution < -0.4 is 5.32 Å². The van der Waals surface area contributed by atoms with Crippen LogP contribution >= 0.6 is 0 Å². The molecule has 1 aliphatic heterocycles. The Morgan fingerprint density at radius 1 is 1.41 bits per heavy atom. The lowest BCUT2D eigenvalue weighted by molar-refractivity contribution is -0.295. The smallest absolute Gasteiger partial charge is 0.364 e. The lowest BCUT2D eigenvalue weighted by atomic mass is 9.88. The minimum absolute atomic E-state index is 0.0534. The van der Waals surface area contributed by atoms with Gasteiger partial charge in [-0.3, -0.25) is 4.79 Å². The number of aliphatic carboxylic acids is 1. The second kappa shape index (κ2) is 7.31. The van der Waals surface area contributed by atoms with Crippen molar-refractivity contribution in [2.75, 3.05) is 6.61 Å². The lowest BCUT2D eigenvalue weighted by Crippen LogP contribution is -2.67. The normalized spacial score (nSPS) is 34.7. The molecule has 22 heavy (non-hydrogen) atoms. The Labute approximate surface area is 125 Å². The monoisotopic (exact) mass is 323 g/mol. The maximum atomic E-state index is 11.5. The third-order valence-electron chi connectivity index (χ3n) is 3.49. The zero-order valence-corrected chi connectivity index (χ0v) is 11.9. The molecule has 1 heterocycles. The van der Waals surface area contributed by atoms with E-state index in [0.29, 0.717) is 0 Å².